The van der Waals surface area contributed by atoms with Gasteiger partial charge in [-0.3, -0.25) is 33.7 Å². The van der Waals surface area contributed by atoms with Crippen molar-refractivity contribution >= 4 is 39.2 Å². The number of carboxylic acids is 1. The van der Waals surface area contributed by atoms with Crippen LogP contribution in [0.4, 0.5) is 15.8 Å². The van der Waals surface area contributed by atoms with Crippen molar-refractivity contribution in [2.45, 2.75) is 51.0 Å². The SMILES string of the molecule is Cc1cc(OCCN2C(=O)CCC2=O)cc(C)c1-c1cccc(CN(c2ccc(CCC(=O)O)c(F)c2)S(=O)(=O)c2ccccc2[N+](=O)[O-])c1. The number of hydrogen-bond acceptors (Lipinski definition) is 8. The topological polar surface area (TPSA) is 164 Å². The summed E-state index contributed by atoms with van der Waals surface area (Å²) in [5.74, 6) is -1.81. The van der Waals surface area contributed by atoms with Crippen LogP contribution in [0.1, 0.15) is 41.5 Å². The van der Waals surface area contributed by atoms with E-state index >= 15 is 4.39 Å². The average molecular weight is 704 g/mol. The van der Waals surface area contributed by atoms with Gasteiger partial charge in [-0.1, -0.05) is 36.4 Å². The van der Waals surface area contributed by atoms with Crippen molar-refractivity contribution in [3.8, 4) is 16.9 Å². The van der Waals surface area contributed by atoms with Crippen molar-refractivity contribution in [3.63, 3.8) is 0 Å². The number of carbonyl (C=O) groups is 3. The van der Waals surface area contributed by atoms with Crippen LogP contribution in [0, 0.1) is 29.8 Å². The first-order valence-corrected chi connectivity index (χ1v) is 17.1. The van der Waals surface area contributed by atoms with Crippen molar-refractivity contribution in [1.29, 1.82) is 0 Å². The number of aryl methyl sites for hydroxylation is 3. The molecule has 4 aromatic carbocycles. The number of halogens is 1. The molecule has 1 heterocycles. The molecule has 260 valence electrons. The summed E-state index contributed by atoms with van der Waals surface area (Å²) in [5.41, 5.74) is 3.12. The van der Waals surface area contributed by atoms with E-state index < -0.39 is 37.3 Å². The Morgan fingerprint density at radius 3 is 2.30 bits per heavy atom. The van der Waals surface area contributed by atoms with Crippen molar-refractivity contribution in [1.82, 2.24) is 4.90 Å². The van der Waals surface area contributed by atoms with Crippen LogP contribution < -0.4 is 9.04 Å². The number of imide groups is 1. The van der Waals surface area contributed by atoms with Gasteiger partial charge in [0.15, 0.2) is 4.90 Å². The highest BCUT2D eigenvalue weighted by Gasteiger charge is 2.33. The minimum atomic E-state index is -4.64. The molecule has 0 aromatic heterocycles. The van der Waals surface area contributed by atoms with Crippen molar-refractivity contribution in [2.75, 3.05) is 17.5 Å². The summed E-state index contributed by atoms with van der Waals surface area (Å²) in [6.07, 6.45) is -0.0224. The largest absolute Gasteiger partial charge is 0.492 e. The summed E-state index contributed by atoms with van der Waals surface area (Å²) in [6, 6.07) is 19.2. The van der Waals surface area contributed by atoms with Crippen LogP contribution in [0.3, 0.4) is 0 Å². The van der Waals surface area contributed by atoms with Gasteiger partial charge >= 0.3 is 5.97 Å². The molecule has 12 nitrogen and oxygen atoms in total. The Bertz CT molecular complexity index is 2060. The maximum atomic E-state index is 15.2. The van der Waals surface area contributed by atoms with E-state index in [1.807, 2.05) is 32.0 Å². The number of nitrogens with zero attached hydrogens (tertiary/aromatic N) is 3. The predicted octanol–water partition coefficient (Wildman–Crippen LogP) is 5.96. The highest BCUT2D eigenvalue weighted by Crippen LogP contribution is 2.35. The fourth-order valence-electron chi connectivity index (χ4n) is 5.98. The number of nitro benzene ring substituents is 1. The van der Waals surface area contributed by atoms with Gasteiger partial charge in [0.25, 0.3) is 15.7 Å². The molecule has 0 saturated carbocycles. The minimum absolute atomic E-state index is 0.0811. The quantitative estimate of drug-likeness (QED) is 0.0948. The first-order valence-electron chi connectivity index (χ1n) is 15.7. The standard InChI is InChI=1S/C36H34FN3O9S/c1-23-18-29(49-17-16-38-33(41)13-14-34(38)42)19-24(2)36(23)27-7-5-6-25(20-27)22-39(28-12-10-26(30(37)21-28)11-15-35(43)44)50(47,48)32-9-4-3-8-31(32)40(45)46/h3-10,12,18-21H,11,13-17,22H2,1-2H3,(H,43,44). The summed E-state index contributed by atoms with van der Waals surface area (Å²) < 4.78 is 50.3. The summed E-state index contributed by atoms with van der Waals surface area (Å²) in [6.45, 7) is 3.74. The van der Waals surface area contributed by atoms with E-state index in [1.54, 1.807) is 18.2 Å². The lowest BCUT2D eigenvalue weighted by Crippen LogP contribution is -2.33. The number of para-hydroxylation sites is 1. The molecule has 4 aromatic rings. The predicted molar refractivity (Wildman–Crippen MR) is 182 cm³/mol. The first kappa shape index (κ1) is 35.7. The Morgan fingerprint density at radius 2 is 1.66 bits per heavy atom. The van der Waals surface area contributed by atoms with Gasteiger partial charge in [0.05, 0.1) is 23.7 Å². The lowest BCUT2D eigenvalue weighted by molar-refractivity contribution is -0.387. The van der Waals surface area contributed by atoms with E-state index in [0.717, 1.165) is 44.8 Å². The molecule has 5 rings (SSSR count). The Hall–Kier alpha value is -5.63. The van der Waals surface area contributed by atoms with E-state index in [0.29, 0.717) is 11.3 Å². The summed E-state index contributed by atoms with van der Waals surface area (Å²) in [5, 5.41) is 20.8. The molecule has 1 aliphatic rings. The second-order valence-corrected chi connectivity index (χ2v) is 13.7. The van der Waals surface area contributed by atoms with Gasteiger partial charge in [-0.15, -0.1) is 0 Å². The fourth-order valence-corrected chi connectivity index (χ4v) is 7.58. The number of anilines is 1. The summed E-state index contributed by atoms with van der Waals surface area (Å²) in [4.78, 5) is 46.5. The molecule has 0 spiro atoms. The maximum Gasteiger partial charge on any atom is 0.303 e. The average Bonchev–Trinajstić information content (AvgIpc) is 3.39. The van der Waals surface area contributed by atoms with Gasteiger partial charge in [-0.05, 0) is 90.0 Å². The van der Waals surface area contributed by atoms with E-state index in [-0.39, 0.29) is 68.4 Å². The van der Waals surface area contributed by atoms with Crippen LogP contribution in [0.25, 0.3) is 11.1 Å². The zero-order chi connectivity index (χ0) is 36.2. The van der Waals surface area contributed by atoms with Gasteiger partial charge in [-0.25, -0.2) is 12.8 Å². The molecule has 14 heteroatoms. The molecule has 1 fully saturated rings. The molecule has 0 bridgehead atoms. The first-order chi connectivity index (χ1) is 23.8. The maximum absolute atomic E-state index is 15.2. The van der Waals surface area contributed by atoms with Gasteiger partial charge in [-0.2, -0.15) is 0 Å². The normalized spacial score (nSPS) is 13.1. The number of benzene rings is 4. The number of likely N-dealkylation sites (tertiary alicyclic amines) is 1. The molecule has 1 N–H and O–H groups in total. The van der Waals surface area contributed by atoms with E-state index in [4.69, 9.17) is 9.84 Å². The molecule has 1 aliphatic heterocycles. The van der Waals surface area contributed by atoms with Gasteiger partial charge in [0.1, 0.15) is 18.2 Å². The molecular weight excluding hydrogens is 669 g/mol. The van der Waals surface area contributed by atoms with E-state index in [1.165, 1.54) is 29.2 Å². The second-order valence-electron chi connectivity index (χ2n) is 11.8. The van der Waals surface area contributed by atoms with Crippen LogP contribution in [0.2, 0.25) is 0 Å². The number of ether oxygens (including phenoxy) is 1. The van der Waals surface area contributed by atoms with E-state index in [2.05, 4.69) is 0 Å². The molecule has 0 aliphatic carbocycles. The Kier molecular flexibility index (Phi) is 10.6. The summed E-state index contributed by atoms with van der Waals surface area (Å²) in [7, 11) is -4.64. The number of hydrogen-bond donors (Lipinski definition) is 1. The second kappa shape index (κ2) is 14.9. The number of carboxylic acid groups (broad SMARTS) is 1. The van der Waals surface area contributed by atoms with Crippen LogP contribution in [0.5, 0.6) is 5.75 Å². The molecule has 0 unspecified atom stereocenters. The van der Waals surface area contributed by atoms with Crippen molar-refractivity contribution < 1.29 is 42.0 Å². The third kappa shape index (κ3) is 7.81. The van der Waals surface area contributed by atoms with E-state index in [9.17, 15) is 32.9 Å². The minimum Gasteiger partial charge on any atom is -0.492 e. The molecule has 0 radical (unpaired) electrons. The molecular formula is C36H34FN3O9S. The highest BCUT2D eigenvalue weighted by atomic mass is 32.2. The smallest absolute Gasteiger partial charge is 0.303 e. The third-order valence-corrected chi connectivity index (χ3v) is 10.2. The zero-order valence-corrected chi connectivity index (χ0v) is 28.1. The number of amides is 2. The number of carbonyl (C=O) groups excluding carboxylic acids is 2. The lowest BCUT2D eigenvalue weighted by Gasteiger charge is -2.25. The van der Waals surface area contributed by atoms with Gasteiger partial charge in [0.2, 0.25) is 11.8 Å². The zero-order valence-electron chi connectivity index (χ0n) is 27.3. The van der Waals surface area contributed by atoms with Gasteiger partial charge in [0, 0.05) is 25.3 Å². The van der Waals surface area contributed by atoms with Crippen LogP contribution in [0.15, 0.2) is 83.8 Å². The van der Waals surface area contributed by atoms with Crippen LogP contribution in [-0.4, -0.2) is 54.3 Å². The number of nitro groups is 1. The van der Waals surface area contributed by atoms with Crippen molar-refractivity contribution in [3.05, 3.63) is 117 Å². The van der Waals surface area contributed by atoms with Crippen LogP contribution in [-0.2, 0) is 37.4 Å². The summed E-state index contributed by atoms with van der Waals surface area (Å²) >= 11 is 0. The number of rotatable bonds is 14. The van der Waals surface area contributed by atoms with Crippen LogP contribution >= 0.6 is 0 Å². The lowest BCUT2D eigenvalue weighted by atomic mass is 9.94. The Morgan fingerprint density at radius 1 is 0.980 bits per heavy atom. The third-order valence-electron chi connectivity index (χ3n) is 8.35. The monoisotopic (exact) mass is 703 g/mol. The highest BCUT2D eigenvalue weighted by molar-refractivity contribution is 7.93. The fraction of sp³-hybridized carbons (Fsp3) is 0.250. The van der Waals surface area contributed by atoms with Crippen molar-refractivity contribution in [2.24, 2.45) is 0 Å². The Balaban J connectivity index is 1.47. The molecule has 1 saturated heterocycles. The van der Waals surface area contributed by atoms with Gasteiger partial charge < -0.3 is 9.84 Å². The Labute approximate surface area is 287 Å². The number of aliphatic carboxylic acids is 1. The molecule has 50 heavy (non-hydrogen) atoms. The molecule has 0 atom stereocenters. The number of sulfonamides is 1. The molecule has 2 amide bonds.